The van der Waals surface area contributed by atoms with Crippen LogP contribution in [0.3, 0.4) is 0 Å². The van der Waals surface area contributed by atoms with Gasteiger partial charge in [0.25, 0.3) is 0 Å². The van der Waals surface area contributed by atoms with Crippen LogP contribution in [0.1, 0.15) is 29.5 Å². The Kier molecular flexibility index (Phi) is 2.67. The normalized spacial score (nSPS) is 18.1. The van der Waals surface area contributed by atoms with Gasteiger partial charge in [-0.15, -0.1) is 11.8 Å². The molecule has 0 aromatic heterocycles. The zero-order valence-corrected chi connectivity index (χ0v) is 10.4. The molecule has 0 spiro atoms. The van der Waals surface area contributed by atoms with Gasteiger partial charge in [0.15, 0.2) is 0 Å². The summed E-state index contributed by atoms with van der Waals surface area (Å²) in [6.45, 7) is 2.20. The fourth-order valence-corrected chi connectivity index (χ4v) is 3.56. The zero-order valence-electron chi connectivity index (χ0n) is 9.61. The van der Waals surface area contributed by atoms with E-state index in [0.29, 0.717) is 5.92 Å². The largest absolute Gasteiger partial charge is 0.207 e. The number of rotatable bonds is 0. The van der Waals surface area contributed by atoms with Gasteiger partial charge in [-0.1, -0.05) is 31.2 Å². The molecule has 0 amide bonds. The molecule has 2 aromatic rings. The topological polar surface area (TPSA) is 0 Å². The van der Waals surface area contributed by atoms with Crippen molar-refractivity contribution in [3.63, 3.8) is 0 Å². The molecule has 0 saturated carbocycles. The third-order valence-electron chi connectivity index (χ3n) is 3.34. The Morgan fingerprint density at radius 2 is 1.94 bits per heavy atom. The second-order valence-corrected chi connectivity index (χ2v) is 5.41. The smallest absolute Gasteiger partial charge is 0.123 e. The van der Waals surface area contributed by atoms with Gasteiger partial charge in [-0.25, -0.2) is 4.39 Å². The standard InChI is InChI=1S/C15H13FS/c1-10-13-7-6-12(16)8-11(13)9-17-15-5-3-2-4-14(10)15/h2-8,10H,9H2,1H3/t10-/m0/s1. The van der Waals surface area contributed by atoms with Crippen molar-refractivity contribution >= 4 is 11.8 Å². The lowest BCUT2D eigenvalue weighted by atomic mass is 9.90. The Balaban J connectivity index is 2.16. The summed E-state index contributed by atoms with van der Waals surface area (Å²) in [5.74, 6) is 1.06. The summed E-state index contributed by atoms with van der Waals surface area (Å²) in [6.07, 6.45) is 0. The van der Waals surface area contributed by atoms with E-state index in [-0.39, 0.29) is 5.82 Å². The molecule has 0 nitrogen and oxygen atoms in total. The molecule has 1 atom stereocenters. The van der Waals surface area contributed by atoms with Gasteiger partial charge in [0.05, 0.1) is 0 Å². The zero-order chi connectivity index (χ0) is 11.8. The van der Waals surface area contributed by atoms with Crippen molar-refractivity contribution in [2.45, 2.75) is 23.5 Å². The van der Waals surface area contributed by atoms with E-state index in [4.69, 9.17) is 0 Å². The van der Waals surface area contributed by atoms with Crippen LogP contribution in [0.25, 0.3) is 0 Å². The number of benzene rings is 2. The molecule has 0 bridgehead atoms. The first-order valence-electron chi connectivity index (χ1n) is 5.76. The van der Waals surface area contributed by atoms with Gasteiger partial charge in [0, 0.05) is 16.6 Å². The molecule has 86 valence electrons. The van der Waals surface area contributed by atoms with Crippen LogP contribution >= 0.6 is 11.8 Å². The Bertz CT molecular complexity index is 563. The average molecular weight is 244 g/mol. The first kappa shape index (κ1) is 10.8. The van der Waals surface area contributed by atoms with Crippen LogP contribution in [0.2, 0.25) is 0 Å². The highest BCUT2D eigenvalue weighted by atomic mass is 32.2. The Labute approximate surface area is 105 Å². The quantitative estimate of drug-likeness (QED) is 0.653. The number of hydrogen-bond donors (Lipinski definition) is 0. The van der Waals surface area contributed by atoms with Crippen molar-refractivity contribution in [1.82, 2.24) is 0 Å². The van der Waals surface area contributed by atoms with E-state index in [2.05, 4.69) is 31.2 Å². The SMILES string of the molecule is C[C@H]1c2ccc(F)cc2CSc2ccccc21. The second kappa shape index (κ2) is 4.19. The van der Waals surface area contributed by atoms with Crippen LogP contribution < -0.4 is 0 Å². The first-order chi connectivity index (χ1) is 8.25. The highest BCUT2D eigenvalue weighted by molar-refractivity contribution is 7.98. The van der Waals surface area contributed by atoms with Gasteiger partial charge < -0.3 is 0 Å². The van der Waals surface area contributed by atoms with Crippen molar-refractivity contribution in [2.75, 3.05) is 0 Å². The summed E-state index contributed by atoms with van der Waals surface area (Å²) >= 11 is 1.80. The summed E-state index contributed by atoms with van der Waals surface area (Å²) in [4.78, 5) is 1.32. The molecule has 0 radical (unpaired) electrons. The average Bonchev–Trinajstić information content (AvgIpc) is 2.48. The van der Waals surface area contributed by atoms with Crippen LogP contribution in [0, 0.1) is 5.82 Å². The van der Waals surface area contributed by atoms with Crippen LogP contribution in [0.15, 0.2) is 47.4 Å². The summed E-state index contributed by atoms with van der Waals surface area (Å²) in [5.41, 5.74) is 3.73. The maximum Gasteiger partial charge on any atom is 0.123 e. The number of fused-ring (bicyclic) bond motifs is 2. The van der Waals surface area contributed by atoms with E-state index in [1.165, 1.54) is 16.0 Å². The van der Waals surface area contributed by atoms with Crippen LogP contribution in [0.5, 0.6) is 0 Å². The van der Waals surface area contributed by atoms with Gasteiger partial charge >= 0.3 is 0 Å². The fourth-order valence-electron chi connectivity index (χ4n) is 2.41. The second-order valence-electron chi connectivity index (χ2n) is 4.39. The predicted octanol–water partition coefficient (Wildman–Crippen LogP) is 4.58. The molecule has 2 aromatic carbocycles. The summed E-state index contributed by atoms with van der Waals surface area (Å²) < 4.78 is 13.3. The minimum Gasteiger partial charge on any atom is -0.207 e. The van der Waals surface area contributed by atoms with E-state index in [1.807, 2.05) is 6.07 Å². The minimum absolute atomic E-state index is 0.137. The van der Waals surface area contributed by atoms with Gasteiger partial charge in [-0.2, -0.15) is 0 Å². The molecule has 0 unspecified atom stereocenters. The van der Waals surface area contributed by atoms with Crippen molar-refractivity contribution < 1.29 is 4.39 Å². The highest BCUT2D eigenvalue weighted by Crippen LogP contribution is 2.40. The van der Waals surface area contributed by atoms with E-state index < -0.39 is 0 Å². The van der Waals surface area contributed by atoms with Crippen molar-refractivity contribution in [3.05, 3.63) is 65.0 Å². The van der Waals surface area contributed by atoms with E-state index in [0.717, 1.165) is 11.3 Å². The minimum atomic E-state index is -0.137. The molecule has 0 fully saturated rings. The lowest BCUT2D eigenvalue weighted by Crippen LogP contribution is -1.99. The molecule has 17 heavy (non-hydrogen) atoms. The molecular weight excluding hydrogens is 231 g/mol. The number of hydrogen-bond acceptors (Lipinski definition) is 1. The molecule has 2 heteroatoms. The molecule has 1 aliphatic rings. The Morgan fingerprint density at radius 1 is 1.12 bits per heavy atom. The molecule has 1 aliphatic heterocycles. The molecule has 0 aliphatic carbocycles. The molecule has 0 N–H and O–H groups in total. The number of halogens is 1. The van der Waals surface area contributed by atoms with E-state index >= 15 is 0 Å². The Hall–Kier alpha value is -1.28. The predicted molar refractivity (Wildman–Crippen MR) is 69.9 cm³/mol. The van der Waals surface area contributed by atoms with Gasteiger partial charge in [0.2, 0.25) is 0 Å². The highest BCUT2D eigenvalue weighted by Gasteiger charge is 2.20. The molecular formula is C15H13FS. The lowest BCUT2D eigenvalue weighted by molar-refractivity contribution is 0.625. The summed E-state index contributed by atoms with van der Waals surface area (Å²) in [7, 11) is 0. The first-order valence-corrected chi connectivity index (χ1v) is 6.74. The van der Waals surface area contributed by atoms with E-state index in [9.17, 15) is 4.39 Å². The number of thioether (sulfide) groups is 1. The monoisotopic (exact) mass is 244 g/mol. The molecule has 0 saturated heterocycles. The van der Waals surface area contributed by atoms with Crippen molar-refractivity contribution in [2.24, 2.45) is 0 Å². The van der Waals surface area contributed by atoms with E-state index in [1.54, 1.807) is 23.9 Å². The maximum atomic E-state index is 13.3. The maximum absolute atomic E-state index is 13.3. The van der Waals surface area contributed by atoms with Gasteiger partial charge in [-0.05, 0) is 34.9 Å². The van der Waals surface area contributed by atoms with Crippen LogP contribution in [-0.4, -0.2) is 0 Å². The van der Waals surface area contributed by atoms with Crippen LogP contribution in [0.4, 0.5) is 4.39 Å². The van der Waals surface area contributed by atoms with Gasteiger partial charge in [0.1, 0.15) is 5.82 Å². The van der Waals surface area contributed by atoms with Gasteiger partial charge in [-0.3, -0.25) is 0 Å². The van der Waals surface area contributed by atoms with Crippen molar-refractivity contribution in [3.8, 4) is 0 Å². The third kappa shape index (κ3) is 1.87. The Morgan fingerprint density at radius 3 is 2.82 bits per heavy atom. The lowest BCUT2D eigenvalue weighted by Gasteiger charge is -2.14. The summed E-state index contributed by atoms with van der Waals surface area (Å²) in [6, 6.07) is 13.6. The molecule has 3 rings (SSSR count). The third-order valence-corrected chi connectivity index (χ3v) is 4.48. The summed E-state index contributed by atoms with van der Waals surface area (Å²) in [5, 5.41) is 0. The fraction of sp³-hybridized carbons (Fsp3) is 0.200. The van der Waals surface area contributed by atoms with Crippen molar-refractivity contribution in [1.29, 1.82) is 0 Å². The molecule has 1 heterocycles. The van der Waals surface area contributed by atoms with Crippen LogP contribution in [-0.2, 0) is 5.75 Å².